The van der Waals surface area contributed by atoms with E-state index in [2.05, 4.69) is 0 Å². The van der Waals surface area contributed by atoms with Crippen LogP contribution in [0.25, 0.3) is 0 Å². The molecular formula is C11H13ClFNO. The summed E-state index contributed by atoms with van der Waals surface area (Å²) < 4.78 is 13.6. The Labute approximate surface area is 92.9 Å². The second-order valence-electron chi connectivity index (χ2n) is 4.63. The van der Waals surface area contributed by atoms with Crippen LogP contribution in [0.1, 0.15) is 25.3 Å². The van der Waals surface area contributed by atoms with E-state index in [1.54, 1.807) is 19.1 Å². The average Bonchev–Trinajstić information content (AvgIpc) is 1.98. The van der Waals surface area contributed by atoms with Crippen molar-refractivity contribution in [3.05, 3.63) is 34.6 Å². The number of rotatable bonds is 1. The minimum absolute atomic E-state index is 0.353. The van der Waals surface area contributed by atoms with Crippen molar-refractivity contribution in [1.82, 2.24) is 0 Å². The van der Waals surface area contributed by atoms with Crippen molar-refractivity contribution in [2.24, 2.45) is 5.73 Å². The van der Waals surface area contributed by atoms with Gasteiger partial charge in [0.2, 0.25) is 0 Å². The van der Waals surface area contributed by atoms with Gasteiger partial charge < -0.3 is 10.8 Å². The Kier molecular flexibility index (Phi) is 2.30. The molecule has 4 heteroatoms. The van der Waals surface area contributed by atoms with Crippen molar-refractivity contribution in [2.75, 3.05) is 0 Å². The maximum Gasteiger partial charge on any atom is 0.129 e. The van der Waals surface area contributed by atoms with Gasteiger partial charge in [0.15, 0.2) is 0 Å². The number of hydrogen-bond acceptors (Lipinski definition) is 2. The van der Waals surface area contributed by atoms with Crippen LogP contribution in [0.3, 0.4) is 0 Å². The molecule has 0 amide bonds. The second-order valence-corrected chi connectivity index (χ2v) is 5.07. The van der Waals surface area contributed by atoms with Gasteiger partial charge in [-0.15, -0.1) is 0 Å². The molecule has 0 spiro atoms. The highest BCUT2D eigenvalue weighted by atomic mass is 35.5. The fourth-order valence-electron chi connectivity index (χ4n) is 2.39. The number of benzene rings is 1. The lowest BCUT2D eigenvalue weighted by Crippen LogP contribution is -2.58. The highest BCUT2D eigenvalue weighted by molar-refractivity contribution is 6.30. The van der Waals surface area contributed by atoms with Crippen LogP contribution in [0.15, 0.2) is 18.2 Å². The molecule has 1 aliphatic carbocycles. The molecule has 0 heterocycles. The molecule has 0 bridgehead atoms. The van der Waals surface area contributed by atoms with Crippen LogP contribution >= 0.6 is 11.6 Å². The lowest BCUT2D eigenvalue weighted by atomic mass is 9.63. The van der Waals surface area contributed by atoms with E-state index < -0.39 is 17.0 Å². The van der Waals surface area contributed by atoms with E-state index in [1.807, 2.05) is 0 Å². The molecule has 1 aliphatic rings. The van der Waals surface area contributed by atoms with E-state index in [1.165, 1.54) is 6.07 Å². The molecule has 1 saturated carbocycles. The van der Waals surface area contributed by atoms with Crippen molar-refractivity contribution in [2.45, 2.75) is 30.9 Å². The molecule has 0 radical (unpaired) electrons. The summed E-state index contributed by atoms with van der Waals surface area (Å²) in [5, 5.41) is 9.98. The van der Waals surface area contributed by atoms with Gasteiger partial charge in [-0.3, -0.25) is 0 Å². The Morgan fingerprint density at radius 3 is 2.53 bits per heavy atom. The molecule has 15 heavy (non-hydrogen) atoms. The zero-order chi connectivity index (χ0) is 11.3. The predicted molar refractivity (Wildman–Crippen MR) is 57.1 cm³/mol. The van der Waals surface area contributed by atoms with E-state index in [0.29, 0.717) is 23.4 Å². The molecule has 0 unspecified atom stereocenters. The Balaban J connectivity index is 2.32. The first-order chi connectivity index (χ1) is 6.82. The maximum absolute atomic E-state index is 13.6. The van der Waals surface area contributed by atoms with Crippen LogP contribution < -0.4 is 5.73 Å². The predicted octanol–water partition coefficient (Wildman–Crippen LogP) is 2.18. The fraction of sp³-hybridized carbons (Fsp3) is 0.455. The molecule has 3 N–H and O–H groups in total. The second kappa shape index (κ2) is 3.17. The van der Waals surface area contributed by atoms with Crippen LogP contribution in [-0.4, -0.2) is 10.7 Å². The summed E-state index contributed by atoms with van der Waals surface area (Å²) in [6, 6.07) is 4.45. The molecule has 82 valence electrons. The number of aliphatic hydroxyl groups is 1. The number of halogens is 2. The van der Waals surface area contributed by atoms with E-state index in [9.17, 15) is 9.50 Å². The summed E-state index contributed by atoms with van der Waals surface area (Å²) in [6.45, 7) is 1.70. The quantitative estimate of drug-likeness (QED) is 0.776. The summed E-state index contributed by atoms with van der Waals surface area (Å²) in [5.74, 6) is -0.402. The van der Waals surface area contributed by atoms with Gasteiger partial charge in [0.05, 0.1) is 5.60 Å². The van der Waals surface area contributed by atoms with Gasteiger partial charge in [-0.1, -0.05) is 17.7 Å². The highest BCUT2D eigenvalue weighted by Gasteiger charge is 2.50. The van der Waals surface area contributed by atoms with Gasteiger partial charge in [-0.2, -0.15) is 0 Å². The van der Waals surface area contributed by atoms with E-state index in [0.717, 1.165) is 0 Å². The van der Waals surface area contributed by atoms with Crippen LogP contribution in [0.5, 0.6) is 0 Å². The third kappa shape index (κ3) is 1.87. The van der Waals surface area contributed by atoms with Crippen LogP contribution in [0.4, 0.5) is 4.39 Å². The lowest BCUT2D eigenvalue weighted by molar-refractivity contribution is -0.0748. The zero-order valence-corrected chi connectivity index (χ0v) is 9.18. The van der Waals surface area contributed by atoms with Crippen LogP contribution in [0, 0.1) is 5.82 Å². The smallest absolute Gasteiger partial charge is 0.129 e. The topological polar surface area (TPSA) is 46.2 Å². The van der Waals surface area contributed by atoms with Crippen LogP contribution in [-0.2, 0) is 5.54 Å². The minimum Gasteiger partial charge on any atom is -0.390 e. The Morgan fingerprint density at radius 1 is 1.47 bits per heavy atom. The molecule has 2 rings (SSSR count). The molecule has 0 saturated heterocycles. The first kappa shape index (κ1) is 10.9. The molecule has 1 aromatic rings. The molecular weight excluding hydrogens is 217 g/mol. The largest absolute Gasteiger partial charge is 0.390 e. The highest BCUT2D eigenvalue weighted by Crippen LogP contribution is 2.46. The lowest BCUT2D eigenvalue weighted by Gasteiger charge is -2.49. The van der Waals surface area contributed by atoms with Gasteiger partial charge in [0.1, 0.15) is 5.82 Å². The first-order valence-corrected chi connectivity index (χ1v) is 5.17. The van der Waals surface area contributed by atoms with E-state index >= 15 is 0 Å². The molecule has 0 atom stereocenters. The summed E-state index contributed by atoms with van der Waals surface area (Å²) >= 11 is 5.65. The summed E-state index contributed by atoms with van der Waals surface area (Å²) in [5.41, 5.74) is 4.91. The fourth-order valence-corrected chi connectivity index (χ4v) is 2.55. The Hall–Kier alpha value is -0.640. The Bertz CT molecular complexity index is 398. The van der Waals surface area contributed by atoms with E-state index in [4.69, 9.17) is 17.3 Å². The van der Waals surface area contributed by atoms with Crippen LogP contribution in [0.2, 0.25) is 5.02 Å². The number of hydrogen-bond donors (Lipinski definition) is 2. The van der Waals surface area contributed by atoms with Crippen molar-refractivity contribution >= 4 is 11.6 Å². The van der Waals surface area contributed by atoms with Crippen molar-refractivity contribution in [1.29, 1.82) is 0 Å². The van der Waals surface area contributed by atoms with Gasteiger partial charge in [0, 0.05) is 16.1 Å². The SMILES string of the molecule is CC1(O)CC(N)(c2ccc(Cl)cc2F)C1. The third-order valence-corrected chi connectivity index (χ3v) is 3.10. The summed E-state index contributed by atoms with van der Waals surface area (Å²) in [4.78, 5) is 0. The third-order valence-electron chi connectivity index (χ3n) is 2.86. The minimum atomic E-state index is -0.777. The van der Waals surface area contributed by atoms with Crippen molar-refractivity contribution in [3.8, 4) is 0 Å². The average molecular weight is 230 g/mol. The maximum atomic E-state index is 13.6. The van der Waals surface area contributed by atoms with Crippen molar-refractivity contribution in [3.63, 3.8) is 0 Å². The standard InChI is InChI=1S/C11H13ClFNO/c1-10(15)5-11(14,6-10)8-3-2-7(12)4-9(8)13/h2-4,15H,5-6,14H2,1H3. The summed E-state index contributed by atoms with van der Waals surface area (Å²) in [7, 11) is 0. The normalized spacial score (nSPS) is 35.0. The molecule has 0 aliphatic heterocycles. The Morgan fingerprint density at radius 2 is 2.07 bits per heavy atom. The first-order valence-electron chi connectivity index (χ1n) is 4.79. The molecule has 2 nitrogen and oxygen atoms in total. The zero-order valence-electron chi connectivity index (χ0n) is 8.43. The van der Waals surface area contributed by atoms with Gasteiger partial charge in [0.25, 0.3) is 0 Å². The number of nitrogens with two attached hydrogens (primary N) is 1. The van der Waals surface area contributed by atoms with Gasteiger partial charge in [-0.25, -0.2) is 4.39 Å². The van der Waals surface area contributed by atoms with Crippen molar-refractivity contribution < 1.29 is 9.50 Å². The molecule has 0 aromatic heterocycles. The molecule has 1 aromatic carbocycles. The van der Waals surface area contributed by atoms with Gasteiger partial charge in [-0.05, 0) is 31.9 Å². The van der Waals surface area contributed by atoms with Gasteiger partial charge >= 0.3 is 0 Å². The summed E-state index contributed by atoms with van der Waals surface area (Å²) in [6.07, 6.45) is 0.747. The monoisotopic (exact) mass is 229 g/mol. The molecule has 1 fully saturated rings. The van der Waals surface area contributed by atoms with E-state index in [-0.39, 0.29) is 0 Å².